The quantitative estimate of drug-likeness (QED) is 0.532. The van der Waals surface area contributed by atoms with Gasteiger partial charge < -0.3 is 23.8 Å². The molecule has 2 saturated carbocycles. The number of ether oxygens (including phenoxy) is 4. The molecule has 0 aromatic heterocycles. The maximum absolute atomic E-state index is 12.9. The van der Waals surface area contributed by atoms with Crippen molar-refractivity contribution in [2.45, 2.75) is 76.0 Å². The lowest BCUT2D eigenvalue weighted by atomic mass is 9.53. The molecule has 0 N–H and O–H groups in total. The van der Waals surface area contributed by atoms with E-state index in [1.54, 1.807) is 0 Å². The van der Waals surface area contributed by atoms with Gasteiger partial charge in [0.1, 0.15) is 11.7 Å². The van der Waals surface area contributed by atoms with Gasteiger partial charge in [0.2, 0.25) is 0 Å². The number of fused-ring (bicyclic) bond motifs is 2. The van der Waals surface area contributed by atoms with Crippen LogP contribution in [0.2, 0.25) is 0 Å². The van der Waals surface area contributed by atoms with Crippen molar-refractivity contribution in [3.05, 3.63) is 0 Å². The van der Waals surface area contributed by atoms with Crippen LogP contribution >= 0.6 is 0 Å². The third-order valence-electron chi connectivity index (χ3n) is 9.08. The summed E-state index contributed by atoms with van der Waals surface area (Å²) < 4.78 is 24.2. The molecule has 0 aromatic rings. The number of carbonyl (C=O) groups excluding carboxylic acids is 1. The summed E-state index contributed by atoms with van der Waals surface area (Å²) in [4.78, 5) is 15.3. The normalized spacial score (nSPS) is 52.1. The number of rotatable bonds is 2. The molecular formula is C22H33NO5. The number of hydrogen-bond acceptors (Lipinski definition) is 6. The Morgan fingerprint density at radius 1 is 1.14 bits per heavy atom. The minimum absolute atomic E-state index is 0.00384. The Labute approximate surface area is 167 Å². The molecule has 6 heteroatoms. The fourth-order valence-corrected chi connectivity index (χ4v) is 7.58. The van der Waals surface area contributed by atoms with Crippen LogP contribution < -0.4 is 0 Å². The smallest absolute Gasteiger partial charge is 0.311 e. The highest BCUT2D eigenvalue weighted by atomic mass is 16.7. The van der Waals surface area contributed by atoms with Crippen LogP contribution in [0.4, 0.5) is 0 Å². The standard InChI is InChI=1S/C22H33NO5/c1-14-4-3-5-20(2)12-16-17(18-22(14,20)28-18)15(19(24)27-16)13-23-8-6-21(7-9-23)25-10-11-26-21/h14-18H,3-13H2,1-2H3/t14-,15+,16+,17+,18-,20+,22-/m0/s1. The van der Waals surface area contributed by atoms with Crippen molar-refractivity contribution in [3.8, 4) is 0 Å². The number of piperidine rings is 1. The summed E-state index contributed by atoms with van der Waals surface area (Å²) in [6.45, 7) is 8.78. The number of likely N-dealkylation sites (tertiary alicyclic amines) is 1. The molecule has 7 atom stereocenters. The molecule has 0 unspecified atom stereocenters. The van der Waals surface area contributed by atoms with Gasteiger partial charge in [-0.3, -0.25) is 4.79 Å². The average Bonchev–Trinajstić information content (AvgIpc) is 3.16. The largest absolute Gasteiger partial charge is 0.462 e. The van der Waals surface area contributed by atoms with E-state index in [9.17, 15) is 4.79 Å². The first-order valence-electron chi connectivity index (χ1n) is 11.4. The fourth-order valence-electron chi connectivity index (χ4n) is 7.58. The van der Waals surface area contributed by atoms with E-state index in [0.717, 1.165) is 38.9 Å². The minimum Gasteiger partial charge on any atom is -0.462 e. The highest BCUT2D eigenvalue weighted by Crippen LogP contribution is 2.70. The lowest BCUT2D eigenvalue weighted by molar-refractivity contribution is -0.186. The topological polar surface area (TPSA) is 60.5 Å². The second-order valence-electron chi connectivity index (χ2n) is 10.5. The number of hydrogen-bond donors (Lipinski definition) is 0. The van der Waals surface area contributed by atoms with Crippen LogP contribution in [0.5, 0.6) is 0 Å². The Hall–Kier alpha value is -0.690. The van der Waals surface area contributed by atoms with E-state index in [2.05, 4.69) is 18.7 Å². The molecule has 4 aliphatic heterocycles. The van der Waals surface area contributed by atoms with E-state index in [4.69, 9.17) is 18.9 Å². The van der Waals surface area contributed by atoms with E-state index in [1.807, 2.05) is 0 Å². The molecule has 0 bridgehead atoms. The molecule has 6 rings (SSSR count). The summed E-state index contributed by atoms with van der Waals surface area (Å²) in [6, 6.07) is 0. The van der Waals surface area contributed by atoms with Crippen molar-refractivity contribution >= 4 is 5.97 Å². The Kier molecular flexibility index (Phi) is 3.84. The second kappa shape index (κ2) is 5.93. The Morgan fingerprint density at radius 2 is 1.89 bits per heavy atom. The molecule has 0 amide bonds. The van der Waals surface area contributed by atoms with E-state index in [1.165, 1.54) is 19.3 Å². The Bertz CT molecular complexity index is 668. The van der Waals surface area contributed by atoms with Gasteiger partial charge in [0.15, 0.2) is 5.79 Å². The molecule has 0 radical (unpaired) electrons. The maximum Gasteiger partial charge on any atom is 0.311 e. The summed E-state index contributed by atoms with van der Waals surface area (Å²) >= 11 is 0. The fraction of sp³-hybridized carbons (Fsp3) is 0.955. The van der Waals surface area contributed by atoms with E-state index >= 15 is 0 Å². The molecule has 156 valence electrons. The van der Waals surface area contributed by atoms with Crippen LogP contribution in [0.25, 0.3) is 0 Å². The molecule has 2 spiro atoms. The predicted molar refractivity (Wildman–Crippen MR) is 101 cm³/mol. The van der Waals surface area contributed by atoms with Crippen molar-refractivity contribution in [1.29, 1.82) is 0 Å². The molecule has 28 heavy (non-hydrogen) atoms. The van der Waals surface area contributed by atoms with Crippen molar-refractivity contribution < 1.29 is 23.7 Å². The maximum atomic E-state index is 12.9. The number of carbonyl (C=O) groups is 1. The van der Waals surface area contributed by atoms with Gasteiger partial charge in [-0.1, -0.05) is 20.3 Å². The van der Waals surface area contributed by atoms with E-state index in [0.29, 0.717) is 19.1 Å². The zero-order valence-corrected chi connectivity index (χ0v) is 17.2. The van der Waals surface area contributed by atoms with Crippen molar-refractivity contribution in [3.63, 3.8) is 0 Å². The van der Waals surface area contributed by atoms with Crippen LogP contribution in [0.3, 0.4) is 0 Å². The van der Waals surface area contributed by atoms with Gasteiger partial charge in [-0.2, -0.15) is 0 Å². The van der Waals surface area contributed by atoms with Crippen molar-refractivity contribution in [2.24, 2.45) is 23.2 Å². The van der Waals surface area contributed by atoms with Crippen molar-refractivity contribution in [1.82, 2.24) is 4.90 Å². The summed E-state index contributed by atoms with van der Waals surface area (Å²) in [5.41, 5.74) is 0.163. The molecule has 0 aromatic carbocycles. The Balaban J connectivity index is 1.18. The highest BCUT2D eigenvalue weighted by molar-refractivity contribution is 5.76. The zero-order chi connectivity index (χ0) is 19.1. The van der Waals surface area contributed by atoms with Crippen LogP contribution in [0, 0.1) is 23.2 Å². The molecule has 2 aliphatic carbocycles. The molecular weight excluding hydrogens is 358 g/mol. The van der Waals surface area contributed by atoms with Gasteiger partial charge in [-0.15, -0.1) is 0 Å². The lowest BCUT2D eigenvalue weighted by Gasteiger charge is -2.49. The van der Waals surface area contributed by atoms with Crippen LogP contribution in [-0.2, 0) is 23.7 Å². The van der Waals surface area contributed by atoms with Gasteiger partial charge in [-0.05, 0) is 25.2 Å². The molecule has 6 nitrogen and oxygen atoms in total. The van der Waals surface area contributed by atoms with E-state index < -0.39 is 0 Å². The Morgan fingerprint density at radius 3 is 2.64 bits per heavy atom. The summed E-state index contributed by atoms with van der Waals surface area (Å²) in [6.07, 6.45) is 6.73. The first-order valence-corrected chi connectivity index (χ1v) is 11.4. The lowest BCUT2D eigenvalue weighted by Crippen LogP contribution is -2.55. The van der Waals surface area contributed by atoms with Gasteiger partial charge in [-0.25, -0.2) is 0 Å². The third-order valence-corrected chi connectivity index (χ3v) is 9.08. The van der Waals surface area contributed by atoms with E-state index in [-0.39, 0.29) is 46.8 Å². The SMILES string of the molecule is C[C@H]1CCC[C@]2(C)C[C@H]3OC(=O)[C@H](CN4CCC5(CC4)OCCO5)[C@H]3[C@@H]3O[C@@]132. The predicted octanol–water partition coefficient (Wildman–Crippen LogP) is 2.35. The highest BCUT2D eigenvalue weighted by Gasteiger charge is 2.78. The monoisotopic (exact) mass is 391 g/mol. The summed E-state index contributed by atoms with van der Waals surface area (Å²) in [7, 11) is 0. The average molecular weight is 392 g/mol. The summed E-state index contributed by atoms with van der Waals surface area (Å²) in [5.74, 6) is 0.413. The van der Waals surface area contributed by atoms with Crippen molar-refractivity contribution in [2.75, 3.05) is 32.8 Å². The van der Waals surface area contributed by atoms with Gasteiger partial charge in [0.05, 0.1) is 25.2 Å². The van der Waals surface area contributed by atoms with Crippen LogP contribution in [0.1, 0.15) is 52.4 Å². The minimum atomic E-state index is -0.358. The molecule has 6 aliphatic rings. The second-order valence-corrected chi connectivity index (χ2v) is 10.5. The number of epoxide rings is 1. The third kappa shape index (κ3) is 2.32. The first-order chi connectivity index (χ1) is 13.5. The van der Waals surface area contributed by atoms with Gasteiger partial charge in [0, 0.05) is 43.8 Å². The molecule has 6 fully saturated rings. The molecule has 4 saturated heterocycles. The zero-order valence-electron chi connectivity index (χ0n) is 17.2. The first kappa shape index (κ1) is 18.1. The number of esters is 1. The van der Waals surface area contributed by atoms with Gasteiger partial charge in [0.25, 0.3) is 0 Å². The summed E-state index contributed by atoms with van der Waals surface area (Å²) in [5, 5.41) is 0. The number of nitrogens with zero attached hydrogens (tertiary/aromatic N) is 1. The van der Waals surface area contributed by atoms with Crippen LogP contribution in [0.15, 0.2) is 0 Å². The van der Waals surface area contributed by atoms with Crippen LogP contribution in [-0.4, -0.2) is 67.3 Å². The van der Waals surface area contributed by atoms with Gasteiger partial charge >= 0.3 is 5.97 Å². The molecule has 4 heterocycles.